The molecule has 2 aromatic heterocycles. The third kappa shape index (κ3) is 1.88. The summed E-state index contributed by atoms with van der Waals surface area (Å²) >= 11 is 0. The van der Waals surface area contributed by atoms with Crippen molar-refractivity contribution in [3.05, 3.63) is 59.5 Å². The summed E-state index contributed by atoms with van der Waals surface area (Å²) in [5.41, 5.74) is 3.55. The SMILES string of the molecule is [C-]#[N+]C1=CN(C)[C@H](C)N1c1cc2oc3ncccc3c2cc1C. The number of furan rings is 1. The van der Waals surface area contributed by atoms with Crippen LogP contribution in [0.1, 0.15) is 12.5 Å². The predicted octanol–water partition coefficient (Wildman–Crippen LogP) is 4.11. The van der Waals surface area contributed by atoms with E-state index in [1.165, 1.54) is 0 Å². The van der Waals surface area contributed by atoms with E-state index in [-0.39, 0.29) is 6.17 Å². The summed E-state index contributed by atoms with van der Waals surface area (Å²) in [6.07, 6.45) is 3.70. The van der Waals surface area contributed by atoms with E-state index in [0.29, 0.717) is 11.5 Å². The van der Waals surface area contributed by atoms with Crippen molar-refractivity contribution in [2.75, 3.05) is 11.9 Å². The largest absolute Gasteiger partial charge is 0.438 e. The topological polar surface area (TPSA) is 36.9 Å². The first kappa shape index (κ1) is 13.6. The van der Waals surface area contributed by atoms with Gasteiger partial charge in [-0.15, -0.1) is 0 Å². The van der Waals surface area contributed by atoms with E-state index < -0.39 is 0 Å². The molecule has 0 bridgehead atoms. The molecule has 0 radical (unpaired) electrons. The quantitative estimate of drug-likeness (QED) is 0.634. The minimum atomic E-state index is 0.0951. The van der Waals surface area contributed by atoms with Gasteiger partial charge in [0.2, 0.25) is 11.5 Å². The molecule has 0 aliphatic carbocycles. The van der Waals surface area contributed by atoms with Crippen molar-refractivity contribution < 1.29 is 4.42 Å². The van der Waals surface area contributed by atoms with Crippen LogP contribution in [0.4, 0.5) is 5.69 Å². The van der Waals surface area contributed by atoms with E-state index >= 15 is 0 Å². The number of fused-ring (bicyclic) bond motifs is 3. The van der Waals surface area contributed by atoms with Crippen molar-refractivity contribution in [2.24, 2.45) is 0 Å². The van der Waals surface area contributed by atoms with E-state index in [9.17, 15) is 0 Å². The van der Waals surface area contributed by atoms with Crippen molar-refractivity contribution in [1.29, 1.82) is 0 Å². The van der Waals surface area contributed by atoms with Crippen LogP contribution in [0.2, 0.25) is 0 Å². The summed E-state index contributed by atoms with van der Waals surface area (Å²) < 4.78 is 5.89. The zero-order chi connectivity index (χ0) is 16.1. The zero-order valence-electron chi connectivity index (χ0n) is 13.2. The highest BCUT2D eigenvalue weighted by Crippen LogP contribution is 2.37. The maximum Gasteiger partial charge on any atom is 0.247 e. The molecule has 0 fully saturated rings. The Morgan fingerprint density at radius 1 is 1.30 bits per heavy atom. The minimum absolute atomic E-state index is 0.0951. The van der Waals surface area contributed by atoms with Gasteiger partial charge in [0, 0.05) is 36.3 Å². The molecule has 5 heteroatoms. The first-order chi connectivity index (χ1) is 11.1. The van der Waals surface area contributed by atoms with Crippen LogP contribution in [0, 0.1) is 13.5 Å². The molecule has 0 N–H and O–H groups in total. The predicted molar refractivity (Wildman–Crippen MR) is 90.6 cm³/mol. The minimum Gasteiger partial charge on any atom is -0.438 e. The Morgan fingerprint density at radius 2 is 2.13 bits per heavy atom. The fourth-order valence-corrected chi connectivity index (χ4v) is 3.15. The van der Waals surface area contributed by atoms with Gasteiger partial charge in [-0.25, -0.2) is 4.98 Å². The number of aromatic nitrogens is 1. The van der Waals surface area contributed by atoms with Crippen LogP contribution in [0.25, 0.3) is 26.9 Å². The Morgan fingerprint density at radius 3 is 2.91 bits per heavy atom. The van der Waals surface area contributed by atoms with Gasteiger partial charge in [-0.1, -0.05) is 6.57 Å². The number of anilines is 1. The first-order valence-electron chi connectivity index (χ1n) is 7.48. The molecule has 4 rings (SSSR count). The first-order valence-corrected chi connectivity index (χ1v) is 7.48. The molecule has 0 unspecified atom stereocenters. The van der Waals surface area contributed by atoms with Crippen LogP contribution >= 0.6 is 0 Å². The lowest BCUT2D eigenvalue weighted by molar-refractivity contribution is 0.382. The Balaban J connectivity index is 1.95. The lowest BCUT2D eigenvalue weighted by Gasteiger charge is -2.26. The molecule has 5 nitrogen and oxygen atoms in total. The number of rotatable bonds is 1. The molecule has 0 saturated carbocycles. The number of benzene rings is 1. The highest BCUT2D eigenvalue weighted by atomic mass is 16.3. The summed E-state index contributed by atoms with van der Waals surface area (Å²) in [6.45, 7) is 11.6. The molecule has 114 valence electrons. The van der Waals surface area contributed by atoms with Gasteiger partial charge >= 0.3 is 0 Å². The second kappa shape index (κ2) is 4.75. The third-order valence-corrected chi connectivity index (χ3v) is 4.47. The van der Waals surface area contributed by atoms with Gasteiger partial charge in [0.25, 0.3) is 0 Å². The van der Waals surface area contributed by atoms with E-state index in [1.54, 1.807) is 6.20 Å². The van der Waals surface area contributed by atoms with Gasteiger partial charge in [0.15, 0.2) is 6.17 Å². The van der Waals surface area contributed by atoms with Crippen LogP contribution in [-0.4, -0.2) is 23.1 Å². The molecular formula is C18H16N4O. The summed E-state index contributed by atoms with van der Waals surface area (Å²) in [5.74, 6) is 0.622. The van der Waals surface area contributed by atoms with Crippen LogP contribution in [0.5, 0.6) is 0 Å². The number of nitrogens with zero attached hydrogens (tertiary/aromatic N) is 4. The standard InChI is InChI=1S/C18H16N4O/c1-11-8-14-13-6-5-7-20-18(13)23-16(14)9-15(11)22-12(2)21(4)10-17(22)19-3/h5-10,12H,1-2,4H3/t12-/m0/s1. The highest BCUT2D eigenvalue weighted by Gasteiger charge is 2.32. The molecule has 0 spiro atoms. The smallest absolute Gasteiger partial charge is 0.247 e. The van der Waals surface area contributed by atoms with Gasteiger partial charge in [-0.05, 0) is 37.6 Å². The second-order valence-corrected chi connectivity index (χ2v) is 5.86. The normalized spacial score (nSPS) is 17.8. The Hall–Kier alpha value is -3.00. The fraction of sp³-hybridized carbons (Fsp3) is 0.222. The van der Waals surface area contributed by atoms with Crippen LogP contribution in [0.3, 0.4) is 0 Å². The summed E-state index contributed by atoms with van der Waals surface area (Å²) in [4.78, 5) is 12.0. The lowest BCUT2D eigenvalue weighted by atomic mass is 10.1. The molecule has 3 heterocycles. The van der Waals surface area contributed by atoms with Crippen molar-refractivity contribution in [2.45, 2.75) is 20.0 Å². The molecule has 3 aromatic rings. The average molecular weight is 304 g/mol. The maximum absolute atomic E-state index is 7.44. The Bertz CT molecular complexity index is 995. The van der Waals surface area contributed by atoms with E-state index in [2.05, 4.69) is 29.7 Å². The van der Waals surface area contributed by atoms with Crippen molar-refractivity contribution in [3.8, 4) is 0 Å². The average Bonchev–Trinajstić information content (AvgIpc) is 3.04. The van der Waals surface area contributed by atoms with Crippen molar-refractivity contribution in [1.82, 2.24) is 9.88 Å². The van der Waals surface area contributed by atoms with Gasteiger partial charge < -0.3 is 14.2 Å². The van der Waals surface area contributed by atoms with Crippen LogP contribution in [0.15, 0.2) is 46.9 Å². The van der Waals surface area contributed by atoms with Gasteiger partial charge in [-0.3, -0.25) is 4.90 Å². The fourth-order valence-electron chi connectivity index (χ4n) is 3.15. The van der Waals surface area contributed by atoms with E-state index in [1.807, 2.05) is 41.2 Å². The van der Waals surface area contributed by atoms with E-state index in [4.69, 9.17) is 11.0 Å². The van der Waals surface area contributed by atoms with Crippen LogP contribution in [-0.2, 0) is 0 Å². The maximum atomic E-state index is 7.44. The van der Waals surface area contributed by atoms with Crippen LogP contribution < -0.4 is 4.90 Å². The van der Waals surface area contributed by atoms with Crippen molar-refractivity contribution in [3.63, 3.8) is 0 Å². The second-order valence-electron chi connectivity index (χ2n) is 5.86. The Labute approximate surface area is 134 Å². The molecule has 0 saturated heterocycles. The lowest BCUT2D eigenvalue weighted by Crippen LogP contribution is -2.35. The highest BCUT2D eigenvalue weighted by molar-refractivity contribution is 6.05. The van der Waals surface area contributed by atoms with Crippen molar-refractivity contribution >= 4 is 27.8 Å². The summed E-state index contributed by atoms with van der Waals surface area (Å²) in [7, 11) is 1.98. The van der Waals surface area contributed by atoms with Gasteiger partial charge in [0.1, 0.15) is 11.3 Å². The zero-order valence-corrected chi connectivity index (χ0v) is 13.2. The van der Waals surface area contributed by atoms with Gasteiger partial charge in [0.05, 0.1) is 0 Å². The third-order valence-electron chi connectivity index (χ3n) is 4.47. The molecule has 0 amide bonds. The molecule has 1 atom stereocenters. The molecule has 23 heavy (non-hydrogen) atoms. The summed E-state index contributed by atoms with van der Waals surface area (Å²) in [6, 6.07) is 8.06. The number of hydrogen-bond acceptors (Lipinski definition) is 4. The number of hydrogen-bond donors (Lipinski definition) is 0. The molecule has 1 aliphatic rings. The summed E-state index contributed by atoms with van der Waals surface area (Å²) in [5, 5.41) is 2.08. The van der Waals surface area contributed by atoms with E-state index in [0.717, 1.165) is 27.6 Å². The molecule has 1 aliphatic heterocycles. The molecule has 1 aromatic carbocycles. The number of pyridine rings is 1. The molecular weight excluding hydrogens is 288 g/mol. The monoisotopic (exact) mass is 304 g/mol. The van der Waals surface area contributed by atoms with Gasteiger partial charge in [-0.2, -0.15) is 0 Å². The Kier molecular flexibility index (Phi) is 2.82. The number of aryl methyl sites for hydroxylation is 1.